The first-order chi connectivity index (χ1) is 10.5. The van der Waals surface area contributed by atoms with Crippen molar-refractivity contribution in [1.29, 1.82) is 0 Å². The quantitative estimate of drug-likeness (QED) is 0.768. The van der Waals surface area contributed by atoms with Crippen molar-refractivity contribution in [2.45, 2.75) is 12.8 Å². The number of hydrogen-bond donors (Lipinski definition) is 0. The molecule has 6 heteroatoms. The first kappa shape index (κ1) is 16.1. The third-order valence-electron chi connectivity index (χ3n) is 2.82. The maximum Gasteiger partial charge on any atom is 0.310 e. The molecule has 1 aromatic carbocycles. The molecule has 1 heterocycles. The molecule has 22 heavy (non-hydrogen) atoms. The Morgan fingerprint density at radius 2 is 1.82 bits per heavy atom. The number of carbonyl (C=O) groups is 2. The van der Waals surface area contributed by atoms with Crippen molar-refractivity contribution in [1.82, 2.24) is 4.98 Å². The van der Waals surface area contributed by atoms with Crippen LogP contribution in [0.1, 0.15) is 11.3 Å². The largest absolute Gasteiger partial charge is 0.457 e. The molecule has 0 unspecified atom stereocenters. The molecule has 4 nitrogen and oxygen atoms in total. The van der Waals surface area contributed by atoms with Crippen molar-refractivity contribution in [3.05, 3.63) is 64.7 Å². The van der Waals surface area contributed by atoms with Gasteiger partial charge in [0, 0.05) is 11.9 Å². The number of pyridine rings is 1. The summed E-state index contributed by atoms with van der Waals surface area (Å²) < 4.78 is 17.6. The van der Waals surface area contributed by atoms with E-state index in [1.807, 2.05) is 0 Å². The molecule has 0 amide bonds. The maximum atomic E-state index is 12.7. The van der Waals surface area contributed by atoms with Gasteiger partial charge in [-0.25, -0.2) is 4.39 Å². The summed E-state index contributed by atoms with van der Waals surface area (Å²) in [6.45, 7) is -0.315. The zero-order chi connectivity index (χ0) is 15.9. The highest BCUT2D eigenvalue weighted by Crippen LogP contribution is 2.07. The maximum absolute atomic E-state index is 12.7. The topological polar surface area (TPSA) is 56.3 Å². The molecule has 1 aromatic heterocycles. The minimum Gasteiger partial charge on any atom is -0.457 e. The van der Waals surface area contributed by atoms with Crippen LogP contribution in [0.15, 0.2) is 42.6 Å². The Morgan fingerprint density at radius 1 is 1.09 bits per heavy atom. The predicted octanol–water partition coefficient (Wildman–Crippen LogP) is 2.77. The van der Waals surface area contributed by atoms with Gasteiger partial charge in [-0.05, 0) is 29.8 Å². The molecule has 114 valence electrons. The van der Waals surface area contributed by atoms with Crippen LogP contribution in [0.2, 0.25) is 5.02 Å². The molecule has 0 fully saturated rings. The van der Waals surface area contributed by atoms with E-state index in [9.17, 15) is 14.0 Å². The Bertz CT molecular complexity index is 597. The van der Waals surface area contributed by atoms with Gasteiger partial charge in [-0.15, -0.1) is 0 Å². The van der Waals surface area contributed by atoms with Gasteiger partial charge in [0.15, 0.2) is 5.78 Å². The minimum absolute atomic E-state index is 0.00719. The number of nitrogens with zero attached hydrogens (tertiary/aromatic N) is 1. The van der Waals surface area contributed by atoms with Crippen LogP contribution in [-0.4, -0.2) is 23.3 Å². The highest BCUT2D eigenvalue weighted by Gasteiger charge is 2.10. The molecule has 2 rings (SSSR count). The minimum atomic E-state index is -0.538. The average molecular weight is 322 g/mol. The van der Waals surface area contributed by atoms with Gasteiger partial charge in [0.05, 0.1) is 17.9 Å². The number of ether oxygens (including phenoxy) is 1. The molecular formula is C16H13ClFNO3. The summed E-state index contributed by atoms with van der Waals surface area (Å²) in [6.07, 6.45) is 1.51. The Balaban J connectivity index is 1.76. The fourth-order valence-electron chi connectivity index (χ4n) is 1.75. The van der Waals surface area contributed by atoms with E-state index in [0.717, 1.165) is 0 Å². The van der Waals surface area contributed by atoms with Crippen molar-refractivity contribution in [3.63, 3.8) is 0 Å². The van der Waals surface area contributed by atoms with Crippen molar-refractivity contribution in [2.75, 3.05) is 6.61 Å². The van der Waals surface area contributed by atoms with E-state index >= 15 is 0 Å². The summed E-state index contributed by atoms with van der Waals surface area (Å²) in [7, 11) is 0. The van der Waals surface area contributed by atoms with E-state index in [-0.39, 0.29) is 31.0 Å². The highest BCUT2D eigenvalue weighted by atomic mass is 35.5. The van der Waals surface area contributed by atoms with E-state index in [4.69, 9.17) is 16.3 Å². The predicted molar refractivity (Wildman–Crippen MR) is 79.0 cm³/mol. The second-order valence-corrected chi connectivity index (χ2v) is 5.08. The van der Waals surface area contributed by atoms with Crippen LogP contribution in [0.5, 0.6) is 0 Å². The number of esters is 1. The standard InChI is InChI=1S/C16H13ClFNO3/c17-12-3-6-14(19-9-12)8-15(20)10-22-16(21)7-11-1-4-13(18)5-2-11/h1-6,9H,7-8,10H2. The first-order valence-electron chi connectivity index (χ1n) is 6.55. The first-order valence-corrected chi connectivity index (χ1v) is 6.93. The Kier molecular flexibility index (Phi) is 5.61. The zero-order valence-corrected chi connectivity index (χ0v) is 12.3. The SMILES string of the molecule is O=C(COC(=O)Cc1ccc(F)cc1)Cc1ccc(Cl)cn1. The number of hydrogen-bond acceptors (Lipinski definition) is 4. The van der Waals surface area contributed by atoms with Gasteiger partial charge in [0.2, 0.25) is 0 Å². The van der Waals surface area contributed by atoms with Gasteiger partial charge in [0.25, 0.3) is 0 Å². The lowest BCUT2D eigenvalue weighted by atomic mass is 10.1. The van der Waals surface area contributed by atoms with E-state index in [0.29, 0.717) is 16.3 Å². The Hall–Kier alpha value is -2.27. The van der Waals surface area contributed by atoms with Crippen molar-refractivity contribution in [2.24, 2.45) is 0 Å². The molecule has 0 atom stereocenters. The summed E-state index contributed by atoms with van der Waals surface area (Å²) >= 11 is 5.70. The highest BCUT2D eigenvalue weighted by molar-refractivity contribution is 6.30. The summed E-state index contributed by atoms with van der Waals surface area (Å²) in [6, 6.07) is 8.80. The van der Waals surface area contributed by atoms with Crippen LogP contribution in [0.3, 0.4) is 0 Å². The van der Waals surface area contributed by atoms with E-state index in [1.165, 1.54) is 30.5 Å². The molecule has 0 bridgehead atoms. The molecule has 0 spiro atoms. The van der Waals surface area contributed by atoms with Crippen LogP contribution in [0.4, 0.5) is 4.39 Å². The van der Waals surface area contributed by atoms with Crippen LogP contribution < -0.4 is 0 Å². The van der Waals surface area contributed by atoms with Crippen molar-refractivity contribution in [3.8, 4) is 0 Å². The number of Topliss-reactive ketones (excluding diaryl/α,β-unsaturated/α-hetero) is 1. The molecule has 0 radical (unpaired) electrons. The van der Waals surface area contributed by atoms with Gasteiger partial charge >= 0.3 is 5.97 Å². The van der Waals surface area contributed by atoms with Crippen molar-refractivity contribution < 1.29 is 18.7 Å². The summed E-state index contributed by atoms with van der Waals surface area (Å²) in [5, 5.41) is 0.488. The van der Waals surface area contributed by atoms with E-state index in [1.54, 1.807) is 12.1 Å². The molecule has 0 aliphatic rings. The third kappa shape index (κ3) is 5.26. The molecule has 0 N–H and O–H groups in total. The van der Waals surface area contributed by atoms with Crippen molar-refractivity contribution >= 4 is 23.4 Å². The van der Waals surface area contributed by atoms with Gasteiger partial charge in [-0.3, -0.25) is 14.6 Å². The smallest absolute Gasteiger partial charge is 0.310 e. The normalized spacial score (nSPS) is 10.3. The average Bonchev–Trinajstić information content (AvgIpc) is 2.50. The molecule has 2 aromatic rings. The number of halogens is 2. The summed E-state index contributed by atoms with van der Waals surface area (Å²) in [4.78, 5) is 27.3. The second kappa shape index (κ2) is 7.66. The number of benzene rings is 1. The fraction of sp³-hybridized carbons (Fsp3) is 0.188. The van der Waals surface area contributed by atoms with Crippen LogP contribution in [0, 0.1) is 5.82 Å². The number of carbonyl (C=O) groups excluding carboxylic acids is 2. The van der Waals surface area contributed by atoms with E-state index < -0.39 is 5.97 Å². The molecule has 0 aliphatic carbocycles. The van der Waals surface area contributed by atoms with Gasteiger partial charge in [-0.1, -0.05) is 23.7 Å². The third-order valence-corrected chi connectivity index (χ3v) is 3.05. The van der Waals surface area contributed by atoms with Gasteiger partial charge in [-0.2, -0.15) is 0 Å². The Morgan fingerprint density at radius 3 is 2.45 bits per heavy atom. The molecule has 0 saturated heterocycles. The lowest BCUT2D eigenvalue weighted by molar-refractivity contribution is -0.147. The molecule has 0 aliphatic heterocycles. The lowest BCUT2D eigenvalue weighted by Gasteiger charge is -2.04. The number of aromatic nitrogens is 1. The second-order valence-electron chi connectivity index (χ2n) is 4.65. The van der Waals surface area contributed by atoms with Gasteiger partial charge in [0.1, 0.15) is 12.4 Å². The van der Waals surface area contributed by atoms with Crippen LogP contribution in [-0.2, 0) is 27.2 Å². The lowest BCUT2D eigenvalue weighted by Crippen LogP contribution is -2.17. The summed E-state index contributed by atoms with van der Waals surface area (Å²) in [5.74, 6) is -1.17. The number of rotatable bonds is 6. The summed E-state index contributed by atoms with van der Waals surface area (Å²) in [5.41, 5.74) is 1.18. The number of ketones is 1. The van der Waals surface area contributed by atoms with Gasteiger partial charge < -0.3 is 4.74 Å². The van der Waals surface area contributed by atoms with E-state index in [2.05, 4.69) is 4.98 Å². The fourth-order valence-corrected chi connectivity index (χ4v) is 1.86. The Labute approximate surface area is 131 Å². The van der Waals surface area contributed by atoms with Crippen LogP contribution >= 0.6 is 11.6 Å². The molecule has 0 saturated carbocycles. The van der Waals surface area contributed by atoms with Crippen LogP contribution in [0.25, 0.3) is 0 Å². The molecular weight excluding hydrogens is 309 g/mol. The zero-order valence-electron chi connectivity index (χ0n) is 11.6. The monoisotopic (exact) mass is 321 g/mol.